The zero-order valence-electron chi connectivity index (χ0n) is 49.2. The number of nitrogens with zero attached hydrogens (tertiary/aromatic N) is 1. The number of para-hydroxylation sites is 1. The molecule has 11 aromatic rings. The summed E-state index contributed by atoms with van der Waals surface area (Å²) in [6, 6.07) is 82.8. The lowest BCUT2D eigenvalue weighted by Gasteiger charge is -2.42. The molecule has 13 rings (SSSR count). The molecule has 0 unspecified atom stereocenters. The number of benzene rings is 11. The van der Waals surface area contributed by atoms with Crippen LogP contribution < -0.4 is 26.0 Å². The zero-order chi connectivity index (χ0) is 56.3. The van der Waals surface area contributed by atoms with E-state index in [1.807, 2.05) is 0 Å². The average Bonchev–Trinajstić information content (AvgIpc) is 2.12. The van der Waals surface area contributed by atoms with Crippen molar-refractivity contribution in [2.24, 2.45) is 0 Å². The Morgan fingerprint density at radius 2 is 0.741 bits per heavy atom. The molecule has 0 saturated carbocycles. The second kappa shape index (κ2) is 19.1. The quantitative estimate of drug-likeness (QED) is 0.154. The minimum Gasteiger partial charge on any atom is -0.458 e. The highest BCUT2D eigenvalue weighted by atomic mass is 16.5. The van der Waals surface area contributed by atoms with Gasteiger partial charge in [0.15, 0.2) is 0 Å². The maximum atomic E-state index is 7.47. The Morgan fingerprint density at radius 3 is 1.26 bits per heavy atom. The normalized spacial score (nSPS) is 13.2. The van der Waals surface area contributed by atoms with Crippen molar-refractivity contribution in [3.05, 3.63) is 241 Å². The third-order valence-electron chi connectivity index (χ3n) is 17.3. The van der Waals surface area contributed by atoms with Crippen molar-refractivity contribution < 1.29 is 4.74 Å². The molecule has 0 aliphatic carbocycles. The standard InChI is InChI=1S/C78H72BNO/c1-75(2,3)57-39-54(40-58(47-57)76(4,5)6)52-35-37-69-67(43-52)79-68-44-53(55-41-59(77(7,8)9)48-60(42-55)78(10,11)12)36-38-71(68)81-72-46-56(49-23-14-13-15-24-49)45-70(73(72)79)80(69)74-65(63-31-20-27-50-25-16-18-29-61(50)63)33-22-34-66(74)64-32-21-28-51-26-17-19-30-62(51)64/h13-48H,1-12H3. The van der Waals surface area contributed by atoms with Gasteiger partial charge < -0.3 is 9.64 Å². The molecular weight excluding hydrogens is 978 g/mol. The highest BCUT2D eigenvalue weighted by Crippen LogP contribution is 2.52. The van der Waals surface area contributed by atoms with Crippen LogP contribution in [0, 0.1) is 0 Å². The second-order valence-corrected chi connectivity index (χ2v) is 27.0. The SMILES string of the molecule is CC(C)(C)c1cc(-c2ccc3c(c2)B2c4cc(-c5cc(C(C)(C)C)cc(C(C)(C)C)c5)ccc4N(c4c(-c5cccc6ccccc56)cccc4-c4cccc5ccccc45)c4cc(-c5ccccc5)cc(c42)O3)cc(C(C)(C)C)c1. The van der Waals surface area contributed by atoms with E-state index in [9.17, 15) is 0 Å². The van der Waals surface area contributed by atoms with E-state index in [0.717, 1.165) is 50.8 Å². The predicted octanol–water partition coefficient (Wildman–Crippen LogP) is 19.9. The first-order chi connectivity index (χ1) is 38.7. The van der Waals surface area contributed by atoms with Crippen molar-refractivity contribution in [2.45, 2.75) is 105 Å². The molecule has 2 nitrogen and oxygen atoms in total. The summed E-state index contributed by atoms with van der Waals surface area (Å²) in [6.07, 6.45) is 0. The van der Waals surface area contributed by atoms with Gasteiger partial charge in [-0.1, -0.05) is 277 Å². The Bertz CT molecular complexity index is 4130. The van der Waals surface area contributed by atoms with E-state index in [0.29, 0.717) is 0 Å². The van der Waals surface area contributed by atoms with Crippen LogP contribution in [0.2, 0.25) is 0 Å². The van der Waals surface area contributed by atoms with Gasteiger partial charge in [0.25, 0.3) is 6.71 Å². The van der Waals surface area contributed by atoms with E-state index in [1.165, 1.54) is 93.6 Å². The molecule has 3 heteroatoms. The molecule has 2 heterocycles. The topological polar surface area (TPSA) is 12.5 Å². The fraction of sp³-hybridized carbons (Fsp3) is 0.205. The highest BCUT2D eigenvalue weighted by molar-refractivity contribution is 6.99. The number of rotatable bonds is 6. The van der Waals surface area contributed by atoms with Crippen LogP contribution in [0.3, 0.4) is 0 Å². The van der Waals surface area contributed by atoms with Crippen molar-refractivity contribution in [2.75, 3.05) is 4.90 Å². The summed E-state index contributed by atoms with van der Waals surface area (Å²) in [4.78, 5) is 2.63. The summed E-state index contributed by atoms with van der Waals surface area (Å²) in [7, 11) is 0. The predicted molar refractivity (Wildman–Crippen MR) is 349 cm³/mol. The van der Waals surface area contributed by atoms with Gasteiger partial charge in [0.05, 0.1) is 5.69 Å². The molecule has 398 valence electrons. The van der Waals surface area contributed by atoms with Gasteiger partial charge in [-0.05, 0) is 151 Å². The monoisotopic (exact) mass is 1050 g/mol. The van der Waals surface area contributed by atoms with Crippen LogP contribution in [0.4, 0.5) is 17.1 Å². The van der Waals surface area contributed by atoms with Gasteiger partial charge in [-0.15, -0.1) is 0 Å². The Labute approximate surface area is 481 Å². The van der Waals surface area contributed by atoms with Gasteiger partial charge in [-0.2, -0.15) is 0 Å². The molecule has 0 radical (unpaired) electrons. The number of ether oxygens (including phenoxy) is 1. The Morgan fingerprint density at radius 1 is 0.309 bits per heavy atom. The minimum absolute atomic E-state index is 0.0375. The van der Waals surface area contributed by atoms with Gasteiger partial charge in [-0.3, -0.25) is 0 Å². The molecule has 11 aromatic carbocycles. The second-order valence-electron chi connectivity index (χ2n) is 27.0. The van der Waals surface area contributed by atoms with Crippen LogP contribution in [0.1, 0.15) is 105 Å². The van der Waals surface area contributed by atoms with E-state index in [-0.39, 0.29) is 28.4 Å². The van der Waals surface area contributed by atoms with Crippen LogP contribution in [0.5, 0.6) is 11.5 Å². The molecule has 81 heavy (non-hydrogen) atoms. The number of hydrogen-bond donors (Lipinski definition) is 0. The number of hydrogen-bond acceptors (Lipinski definition) is 2. The van der Waals surface area contributed by atoms with Crippen LogP contribution in [-0.2, 0) is 21.7 Å². The fourth-order valence-corrected chi connectivity index (χ4v) is 12.6. The maximum Gasteiger partial charge on any atom is 0.256 e. The van der Waals surface area contributed by atoms with Crippen LogP contribution >= 0.6 is 0 Å². The minimum atomic E-state index is -0.179. The molecule has 0 aromatic heterocycles. The lowest BCUT2D eigenvalue weighted by molar-refractivity contribution is 0.488. The summed E-state index contributed by atoms with van der Waals surface area (Å²) in [5.74, 6) is 1.76. The molecule has 0 spiro atoms. The van der Waals surface area contributed by atoms with Crippen molar-refractivity contribution in [3.63, 3.8) is 0 Å². The molecule has 0 amide bonds. The molecular formula is C78H72BNO. The molecule has 0 saturated heterocycles. The molecule has 0 atom stereocenters. The van der Waals surface area contributed by atoms with E-state index in [2.05, 4.69) is 306 Å². The summed E-state index contributed by atoms with van der Waals surface area (Å²) >= 11 is 0. The average molecular weight is 1050 g/mol. The van der Waals surface area contributed by atoms with Gasteiger partial charge in [0.2, 0.25) is 0 Å². The third kappa shape index (κ3) is 9.26. The van der Waals surface area contributed by atoms with Crippen LogP contribution in [0.25, 0.3) is 77.2 Å². The highest BCUT2D eigenvalue weighted by Gasteiger charge is 2.44. The van der Waals surface area contributed by atoms with E-state index >= 15 is 0 Å². The first-order valence-electron chi connectivity index (χ1n) is 29.1. The first kappa shape index (κ1) is 52.0. The van der Waals surface area contributed by atoms with Crippen molar-refractivity contribution in [1.82, 2.24) is 0 Å². The van der Waals surface area contributed by atoms with Gasteiger partial charge in [0, 0.05) is 22.5 Å². The Kier molecular flexibility index (Phi) is 12.3. The third-order valence-corrected chi connectivity index (χ3v) is 17.3. The smallest absolute Gasteiger partial charge is 0.256 e. The van der Waals surface area contributed by atoms with E-state index in [1.54, 1.807) is 0 Å². The van der Waals surface area contributed by atoms with Gasteiger partial charge >= 0.3 is 0 Å². The van der Waals surface area contributed by atoms with Crippen molar-refractivity contribution in [3.8, 4) is 67.1 Å². The lowest BCUT2D eigenvalue weighted by Crippen LogP contribution is -2.59. The van der Waals surface area contributed by atoms with Crippen molar-refractivity contribution in [1.29, 1.82) is 0 Å². The van der Waals surface area contributed by atoms with E-state index < -0.39 is 0 Å². The largest absolute Gasteiger partial charge is 0.458 e. The Hall–Kier alpha value is -8.40. The summed E-state index contributed by atoms with van der Waals surface area (Å²) in [5.41, 5.74) is 23.9. The van der Waals surface area contributed by atoms with Crippen LogP contribution in [0.15, 0.2) is 218 Å². The van der Waals surface area contributed by atoms with Gasteiger partial charge in [-0.25, -0.2) is 0 Å². The molecule has 0 N–H and O–H groups in total. The van der Waals surface area contributed by atoms with Crippen molar-refractivity contribution >= 4 is 61.7 Å². The lowest BCUT2D eigenvalue weighted by atomic mass is 9.34. The summed E-state index contributed by atoms with van der Waals surface area (Å²) < 4.78 is 7.47. The fourth-order valence-electron chi connectivity index (χ4n) is 12.6. The zero-order valence-corrected chi connectivity index (χ0v) is 49.2. The molecule has 2 aliphatic rings. The van der Waals surface area contributed by atoms with Gasteiger partial charge in [0.1, 0.15) is 11.5 Å². The summed E-state index contributed by atoms with van der Waals surface area (Å²) in [5, 5.41) is 4.84. The Balaban J connectivity index is 1.16. The molecule has 0 bridgehead atoms. The first-order valence-corrected chi connectivity index (χ1v) is 29.1. The maximum absolute atomic E-state index is 7.47. The number of fused-ring (bicyclic) bond motifs is 6. The molecule has 0 fully saturated rings. The molecule has 2 aliphatic heterocycles. The summed E-state index contributed by atoms with van der Waals surface area (Å²) in [6.45, 7) is 27.8. The number of anilines is 3. The van der Waals surface area contributed by atoms with Crippen LogP contribution in [-0.4, -0.2) is 6.71 Å². The van der Waals surface area contributed by atoms with E-state index in [4.69, 9.17) is 4.74 Å².